The fourth-order valence-electron chi connectivity index (χ4n) is 2.08. The first-order valence-corrected chi connectivity index (χ1v) is 8.69. The van der Waals surface area contributed by atoms with Crippen LogP contribution in [0.3, 0.4) is 0 Å². The fraction of sp³-hybridized carbons (Fsp3) is 0.353. The lowest BCUT2D eigenvalue weighted by Gasteiger charge is -2.15. The van der Waals surface area contributed by atoms with Gasteiger partial charge in [0.2, 0.25) is 5.78 Å². The molecule has 0 saturated heterocycles. The highest BCUT2D eigenvalue weighted by Gasteiger charge is 2.34. The Morgan fingerprint density at radius 3 is 2.29 bits per heavy atom. The lowest BCUT2D eigenvalue weighted by molar-refractivity contribution is -0.184. The molecule has 2 aromatic rings. The van der Waals surface area contributed by atoms with Gasteiger partial charge in [0.25, 0.3) is 0 Å². The number of benzene rings is 1. The number of anilines is 1. The molecule has 1 aromatic carbocycles. The molecule has 1 unspecified atom stereocenters. The number of halogens is 6. The summed E-state index contributed by atoms with van der Waals surface area (Å²) >= 11 is 1.97. The molecule has 28 heavy (non-hydrogen) atoms. The van der Waals surface area contributed by atoms with Crippen molar-refractivity contribution in [1.29, 1.82) is 0 Å². The second kappa shape index (κ2) is 8.91. The van der Waals surface area contributed by atoms with Crippen molar-refractivity contribution in [2.75, 3.05) is 18.5 Å². The van der Waals surface area contributed by atoms with Crippen molar-refractivity contribution >= 4 is 27.5 Å². The molecule has 2 rings (SSSR count). The van der Waals surface area contributed by atoms with E-state index in [1.807, 2.05) is 15.9 Å². The van der Waals surface area contributed by atoms with Gasteiger partial charge in [0.15, 0.2) is 0 Å². The first kappa shape index (κ1) is 22.2. The van der Waals surface area contributed by atoms with Crippen molar-refractivity contribution in [3.05, 3.63) is 42.2 Å². The van der Waals surface area contributed by atoms with Crippen LogP contribution in [-0.2, 0) is 9.53 Å². The van der Waals surface area contributed by atoms with Crippen LogP contribution >= 0.6 is 15.9 Å². The Morgan fingerprint density at radius 1 is 1.14 bits per heavy atom. The summed E-state index contributed by atoms with van der Waals surface area (Å²) in [5.41, 5.74) is 1.67. The minimum atomic E-state index is -4.39. The minimum absolute atomic E-state index is 0.139. The fourth-order valence-corrected chi connectivity index (χ4v) is 2.22. The summed E-state index contributed by atoms with van der Waals surface area (Å²) in [6.07, 6.45) is -2.48. The van der Waals surface area contributed by atoms with Crippen LogP contribution in [0.4, 0.5) is 27.8 Å². The van der Waals surface area contributed by atoms with E-state index in [0.29, 0.717) is 16.8 Å². The van der Waals surface area contributed by atoms with Crippen LogP contribution < -0.4 is 5.32 Å². The Hall–Kier alpha value is -2.14. The van der Waals surface area contributed by atoms with Crippen molar-refractivity contribution in [3.8, 4) is 11.3 Å². The molecule has 0 saturated carbocycles. The number of carbonyl (C=O) groups is 1. The largest absolute Gasteiger partial charge is 0.411 e. The molecule has 152 valence electrons. The third-order valence-corrected chi connectivity index (χ3v) is 4.01. The monoisotopic (exact) mass is 467 g/mol. The van der Waals surface area contributed by atoms with Crippen LogP contribution in [0.5, 0.6) is 0 Å². The molecule has 0 spiro atoms. The van der Waals surface area contributed by atoms with E-state index in [9.17, 15) is 26.7 Å². The number of hydrogen-bond donors (Lipinski definition) is 1. The average Bonchev–Trinajstić information content (AvgIpc) is 2.63. The first-order valence-electron chi connectivity index (χ1n) is 7.90. The molecule has 0 aliphatic rings. The Labute approximate surface area is 165 Å². The number of ketones is 1. The van der Waals surface area contributed by atoms with E-state index in [-0.39, 0.29) is 5.82 Å². The molecule has 1 N–H and O–H groups in total. The molecule has 0 fully saturated rings. The Balaban J connectivity index is 1.97. The van der Waals surface area contributed by atoms with Gasteiger partial charge < -0.3 is 10.1 Å². The Bertz CT molecular complexity index is 792. The lowest BCUT2D eigenvalue weighted by atomic mass is 10.1. The van der Waals surface area contributed by atoms with Gasteiger partial charge in [-0.2, -0.15) is 22.0 Å². The van der Waals surface area contributed by atoms with Crippen molar-refractivity contribution in [2.45, 2.75) is 24.0 Å². The van der Waals surface area contributed by atoms with Crippen molar-refractivity contribution < 1.29 is 31.5 Å². The van der Waals surface area contributed by atoms with E-state index in [1.54, 1.807) is 24.3 Å². The van der Waals surface area contributed by atoms with Crippen LogP contribution in [-0.4, -0.2) is 39.9 Å². The number of nitrogens with one attached hydrogen (secondary N) is 1. The molecule has 5 nitrogen and oxygen atoms in total. The van der Waals surface area contributed by atoms with Gasteiger partial charge in [-0.15, -0.1) is 0 Å². The van der Waals surface area contributed by atoms with Crippen LogP contribution in [0.15, 0.2) is 36.7 Å². The second-order valence-electron chi connectivity index (χ2n) is 5.75. The van der Waals surface area contributed by atoms with E-state index >= 15 is 0 Å². The highest BCUT2D eigenvalue weighted by molar-refractivity contribution is 9.10. The molecule has 0 amide bonds. The maximum absolute atomic E-state index is 12.7. The molecule has 0 aliphatic heterocycles. The first-order chi connectivity index (χ1) is 13.0. The number of ether oxygens (including phenoxy) is 1. The van der Waals surface area contributed by atoms with Crippen LogP contribution in [0.25, 0.3) is 11.3 Å². The van der Waals surface area contributed by atoms with E-state index in [1.165, 1.54) is 19.3 Å². The van der Waals surface area contributed by atoms with Crippen LogP contribution in [0, 0.1) is 0 Å². The molecule has 0 aliphatic carbocycles. The molecule has 0 bridgehead atoms. The van der Waals surface area contributed by atoms with Crippen LogP contribution in [0.1, 0.15) is 18.6 Å². The number of Topliss-reactive ketones (excluding diaryl/α,β-unsaturated/α-hetero) is 1. The maximum Gasteiger partial charge on any atom is 0.411 e. The molecular weight excluding hydrogens is 453 g/mol. The number of nitrogens with zero attached hydrogens (tertiary/aromatic N) is 2. The summed E-state index contributed by atoms with van der Waals surface area (Å²) in [6.45, 7) is -0.449. The Kier molecular flexibility index (Phi) is 7.05. The molecule has 0 radical (unpaired) electrons. The third-order valence-electron chi connectivity index (χ3n) is 3.57. The third kappa shape index (κ3) is 6.79. The van der Waals surface area contributed by atoms with Gasteiger partial charge in [0.1, 0.15) is 12.4 Å². The number of alkyl halides is 6. The van der Waals surface area contributed by atoms with Crippen molar-refractivity contribution in [1.82, 2.24) is 9.97 Å². The van der Waals surface area contributed by atoms with E-state index in [2.05, 4.69) is 15.3 Å². The van der Waals surface area contributed by atoms with Gasteiger partial charge in [-0.05, 0) is 28.4 Å². The zero-order chi connectivity index (χ0) is 20.9. The number of rotatable bonds is 8. The minimum Gasteiger partial charge on any atom is -0.364 e. The Morgan fingerprint density at radius 2 is 1.79 bits per heavy atom. The molecular formula is C17H15BrF5N3O2. The zero-order valence-corrected chi connectivity index (χ0v) is 16.0. The summed E-state index contributed by atoms with van der Waals surface area (Å²) in [7, 11) is 0. The lowest BCUT2D eigenvalue weighted by Crippen LogP contribution is -2.28. The molecule has 1 aromatic heterocycles. The van der Waals surface area contributed by atoms with Gasteiger partial charge in [0.05, 0.1) is 30.7 Å². The number of hydrogen-bond acceptors (Lipinski definition) is 5. The average molecular weight is 468 g/mol. The van der Waals surface area contributed by atoms with Crippen molar-refractivity contribution in [2.24, 2.45) is 0 Å². The predicted molar refractivity (Wildman–Crippen MR) is 95.3 cm³/mol. The van der Waals surface area contributed by atoms with Crippen molar-refractivity contribution in [3.63, 3.8) is 0 Å². The standard InChI is InChI=1S/C17H15BrF5N3O2/c1-10(28-9-16(19,20)21)11-2-4-12(5-3-11)13-6-25-15(8-24-13)26-7-14(27)17(18,22)23/h2-6,8,10H,7,9H2,1H3,(H,25,26). The zero-order valence-electron chi connectivity index (χ0n) is 14.4. The van der Waals surface area contributed by atoms with E-state index in [0.717, 1.165) is 0 Å². The van der Waals surface area contributed by atoms with E-state index < -0.39 is 36.0 Å². The van der Waals surface area contributed by atoms with Gasteiger partial charge >= 0.3 is 11.0 Å². The maximum atomic E-state index is 12.7. The summed E-state index contributed by atoms with van der Waals surface area (Å²) in [5, 5.41) is 2.44. The summed E-state index contributed by atoms with van der Waals surface area (Å²) < 4.78 is 66.8. The topological polar surface area (TPSA) is 64.1 Å². The molecule has 1 atom stereocenters. The summed E-state index contributed by atoms with van der Waals surface area (Å²) in [4.78, 5) is 15.6. The molecule has 1 heterocycles. The van der Waals surface area contributed by atoms with Gasteiger partial charge in [0, 0.05) is 5.56 Å². The highest BCUT2D eigenvalue weighted by atomic mass is 79.9. The van der Waals surface area contributed by atoms with Gasteiger partial charge in [-0.3, -0.25) is 9.78 Å². The number of carbonyl (C=O) groups excluding carboxylic acids is 1. The van der Waals surface area contributed by atoms with Crippen LogP contribution in [0.2, 0.25) is 0 Å². The van der Waals surface area contributed by atoms with Gasteiger partial charge in [-0.25, -0.2) is 4.98 Å². The normalized spacial score (nSPS) is 13.2. The molecule has 11 heteroatoms. The second-order valence-corrected chi connectivity index (χ2v) is 6.75. The predicted octanol–water partition coefficient (Wildman–Crippen LogP) is 4.75. The summed E-state index contributed by atoms with van der Waals surface area (Å²) in [6, 6.07) is 6.52. The SMILES string of the molecule is CC(OCC(F)(F)F)c1ccc(-c2cnc(NCC(=O)C(F)(F)Br)cn2)cc1. The number of aromatic nitrogens is 2. The van der Waals surface area contributed by atoms with E-state index in [4.69, 9.17) is 4.74 Å². The highest BCUT2D eigenvalue weighted by Crippen LogP contribution is 2.25. The quantitative estimate of drug-likeness (QED) is 0.448. The summed E-state index contributed by atoms with van der Waals surface area (Å²) in [5.74, 6) is -1.21. The smallest absolute Gasteiger partial charge is 0.364 e. The van der Waals surface area contributed by atoms with Gasteiger partial charge in [-0.1, -0.05) is 24.3 Å².